The van der Waals surface area contributed by atoms with Gasteiger partial charge in [0.25, 0.3) is 0 Å². The number of nitrogens with one attached hydrogen (secondary N) is 1. The summed E-state index contributed by atoms with van der Waals surface area (Å²) in [6.45, 7) is 0.328. The maximum absolute atomic E-state index is 13.9. The molecule has 1 N–H and O–H groups in total. The van der Waals surface area contributed by atoms with E-state index in [4.69, 9.17) is 11.6 Å². The zero-order valence-corrected chi connectivity index (χ0v) is 16.6. The Morgan fingerprint density at radius 1 is 1.00 bits per heavy atom. The van der Waals surface area contributed by atoms with Crippen molar-refractivity contribution in [2.24, 2.45) is 0 Å². The topological polar surface area (TPSA) is 69.7 Å². The third-order valence-electron chi connectivity index (χ3n) is 4.42. The number of carbonyl (C=O) groups is 1. The normalized spacial score (nSPS) is 16.0. The van der Waals surface area contributed by atoms with Crippen molar-refractivity contribution in [1.29, 1.82) is 0 Å². The van der Waals surface area contributed by atoms with Crippen molar-refractivity contribution in [3.63, 3.8) is 0 Å². The van der Waals surface area contributed by atoms with Gasteiger partial charge in [0.1, 0.15) is 17.5 Å². The van der Waals surface area contributed by atoms with Gasteiger partial charge in [-0.25, -0.2) is 21.6 Å². The van der Waals surface area contributed by atoms with Crippen LogP contribution in [0.3, 0.4) is 0 Å². The van der Waals surface area contributed by atoms with E-state index < -0.39 is 32.4 Å². The molecule has 29 heavy (non-hydrogen) atoms. The lowest BCUT2D eigenvalue weighted by Gasteiger charge is -2.33. The van der Waals surface area contributed by atoms with Gasteiger partial charge in [0.05, 0.1) is 11.6 Å². The Morgan fingerprint density at radius 3 is 2.21 bits per heavy atom. The van der Waals surface area contributed by atoms with Gasteiger partial charge in [0.15, 0.2) is 4.90 Å². The summed E-state index contributed by atoms with van der Waals surface area (Å²) in [4.78, 5) is 12.9. The first-order valence-corrected chi connectivity index (χ1v) is 10.4. The fourth-order valence-corrected chi connectivity index (χ4v) is 4.68. The van der Waals surface area contributed by atoms with E-state index >= 15 is 0 Å². The fraction of sp³-hybridized carbons (Fsp3) is 0.278. The van der Waals surface area contributed by atoms with Gasteiger partial charge in [-0.15, -0.1) is 0 Å². The zero-order valence-electron chi connectivity index (χ0n) is 15.0. The molecule has 2 aromatic carbocycles. The lowest BCUT2D eigenvalue weighted by Crippen LogP contribution is -2.50. The molecular weight excluding hydrogens is 431 g/mol. The van der Waals surface area contributed by atoms with E-state index in [2.05, 4.69) is 5.32 Å². The Bertz CT molecular complexity index is 1010. The van der Waals surface area contributed by atoms with Crippen LogP contribution in [-0.4, -0.2) is 56.3 Å². The van der Waals surface area contributed by atoms with Crippen molar-refractivity contribution in [1.82, 2.24) is 9.21 Å². The van der Waals surface area contributed by atoms with E-state index in [1.807, 2.05) is 0 Å². The van der Waals surface area contributed by atoms with Gasteiger partial charge in [-0.1, -0.05) is 17.7 Å². The molecule has 1 amide bonds. The molecule has 1 aliphatic heterocycles. The van der Waals surface area contributed by atoms with Crippen LogP contribution in [0.4, 0.5) is 18.9 Å². The minimum atomic E-state index is -4.33. The van der Waals surface area contributed by atoms with Gasteiger partial charge in [-0.2, -0.15) is 4.31 Å². The highest BCUT2D eigenvalue weighted by atomic mass is 35.5. The van der Waals surface area contributed by atoms with Crippen molar-refractivity contribution in [3.8, 4) is 0 Å². The summed E-state index contributed by atoms with van der Waals surface area (Å²) in [5, 5.41) is 2.45. The molecule has 1 fully saturated rings. The molecule has 0 atom stereocenters. The average Bonchev–Trinajstić information content (AvgIpc) is 2.65. The summed E-state index contributed by atoms with van der Waals surface area (Å²) in [7, 11) is -4.33. The number of piperazine rings is 1. The molecule has 0 spiro atoms. The van der Waals surface area contributed by atoms with Crippen molar-refractivity contribution in [2.75, 3.05) is 38.0 Å². The van der Waals surface area contributed by atoms with Crippen LogP contribution in [0.25, 0.3) is 0 Å². The van der Waals surface area contributed by atoms with Crippen LogP contribution >= 0.6 is 11.6 Å². The third kappa shape index (κ3) is 4.89. The summed E-state index contributed by atoms with van der Waals surface area (Å²) >= 11 is 5.67. The van der Waals surface area contributed by atoms with Gasteiger partial charge in [0.2, 0.25) is 15.9 Å². The molecule has 0 saturated carbocycles. The number of hydrogen-bond donors (Lipinski definition) is 1. The molecule has 0 aromatic heterocycles. The van der Waals surface area contributed by atoms with Gasteiger partial charge in [-0.05, 0) is 30.3 Å². The molecule has 0 aliphatic carbocycles. The van der Waals surface area contributed by atoms with Crippen LogP contribution in [0.1, 0.15) is 0 Å². The van der Waals surface area contributed by atoms with Crippen LogP contribution < -0.4 is 5.32 Å². The average molecular weight is 448 g/mol. The van der Waals surface area contributed by atoms with Crippen molar-refractivity contribution in [2.45, 2.75) is 4.90 Å². The molecule has 1 heterocycles. The highest BCUT2D eigenvalue weighted by Crippen LogP contribution is 2.24. The number of carbonyl (C=O) groups excluding carboxylic acids is 1. The predicted molar refractivity (Wildman–Crippen MR) is 102 cm³/mol. The summed E-state index contributed by atoms with van der Waals surface area (Å²) in [5.41, 5.74) is 0.331. The maximum Gasteiger partial charge on any atom is 0.249 e. The predicted octanol–water partition coefficient (Wildman–Crippen LogP) is 2.70. The molecule has 11 heteroatoms. The second kappa shape index (κ2) is 8.70. The van der Waals surface area contributed by atoms with Crippen molar-refractivity contribution < 1.29 is 26.4 Å². The fourth-order valence-electron chi connectivity index (χ4n) is 2.96. The summed E-state index contributed by atoms with van der Waals surface area (Å²) in [6, 6.07) is 6.64. The maximum atomic E-state index is 13.9. The second-order valence-corrected chi connectivity index (χ2v) is 8.69. The zero-order chi connectivity index (χ0) is 21.2. The molecule has 1 saturated heterocycles. The largest absolute Gasteiger partial charge is 0.325 e. The molecule has 3 rings (SSSR count). The van der Waals surface area contributed by atoms with Crippen molar-refractivity contribution in [3.05, 3.63) is 58.9 Å². The summed E-state index contributed by atoms with van der Waals surface area (Å²) in [6.07, 6.45) is 0. The Hall–Kier alpha value is -2.14. The van der Waals surface area contributed by atoms with Gasteiger partial charge in [-0.3, -0.25) is 9.69 Å². The van der Waals surface area contributed by atoms with Gasteiger partial charge >= 0.3 is 0 Å². The third-order valence-corrected chi connectivity index (χ3v) is 6.66. The molecule has 1 aliphatic rings. The van der Waals surface area contributed by atoms with Crippen LogP contribution in [0, 0.1) is 17.5 Å². The number of hydrogen-bond acceptors (Lipinski definition) is 4. The molecule has 0 bridgehead atoms. The van der Waals surface area contributed by atoms with Gasteiger partial charge in [0, 0.05) is 31.9 Å². The molecule has 156 valence electrons. The molecule has 2 aromatic rings. The lowest BCUT2D eigenvalue weighted by molar-refractivity contribution is -0.117. The summed E-state index contributed by atoms with van der Waals surface area (Å²) in [5.74, 6) is -3.29. The first-order chi connectivity index (χ1) is 13.7. The van der Waals surface area contributed by atoms with Crippen LogP contribution in [0.5, 0.6) is 0 Å². The Labute approximate surface area is 170 Å². The molecule has 0 radical (unpaired) electrons. The quantitative estimate of drug-likeness (QED) is 0.765. The number of nitrogens with zero attached hydrogens (tertiary/aromatic N) is 2. The summed E-state index contributed by atoms with van der Waals surface area (Å²) < 4.78 is 67.0. The SMILES string of the molecule is O=C(CN1CCN(S(=O)(=O)c2c(F)cccc2F)CC1)Nc1ccc(F)c(Cl)c1. The number of sulfonamides is 1. The van der Waals surface area contributed by atoms with E-state index in [1.54, 1.807) is 4.90 Å². The standard InChI is InChI=1S/C18H17ClF3N3O3S/c19-13-10-12(4-5-14(13)20)23-17(26)11-24-6-8-25(9-7-24)29(27,28)18-15(21)2-1-3-16(18)22/h1-5,10H,6-9,11H2,(H,23,26). The molecular formula is C18H17ClF3N3O3S. The minimum absolute atomic E-state index is 0.0221. The number of rotatable bonds is 5. The van der Waals surface area contributed by atoms with E-state index in [0.29, 0.717) is 5.69 Å². The first-order valence-electron chi connectivity index (χ1n) is 8.60. The van der Waals surface area contributed by atoms with E-state index in [0.717, 1.165) is 28.6 Å². The Morgan fingerprint density at radius 2 is 1.62 bits per heavy atom. The van der Waals surface area contributed by atoms with Crippen molar-refractivity contribution >= 4 is 33.2 Å². The first kappa shape index (κ1) is 21.6. The number of halogens is 4. The van der Waals surface area contributed by atoms with Crippen LogP contribution in [0.2, 0.25) is 5.02 Å². The Balaban J connectivity index is 1.59. The molecule has 6 nitrogen and oxygen atoms in total. The number of amides is 1. The molecule has 0 unspecified atom stereocenters. The highest BCUT2D eigenvalue weighted by molar-refractivity contribution is 7.89. The van der Waals surface area contributed by atoms with Gasteiger partial charge < -0.3 is 5.32 Å². The van der Waals surface area contributed by atoms with E-state index in [9.17, 15) is 26.4 Å². The smallest absolute Gasteiger partial charge is 0.249 e. The Kier molecular flexibility index (Phi) is 6.47. The van der Waals surface area contributed by atoms with Crippen LogP contribution in [-0.2, 0) is 14.8 Å². The number of anilines is 1. The van der Waals surface area contributed by atoms with E-state index in [-0.39, 0.29) is 43.7 Å². The lowest BCUT2D eigenvalue weighted by atomic mass is 10.3. The highest BCUT2D eigenvalue weighted by Gasteiger charge is 2.33. The van der Waals surface area contributed by atoms with Crippen LogP contribution in [0.15, 0.2) is 41.3 Å². The minimum Gasteiger partial charge on any atom is -0.325 e. The van der Waals surface area contributed by atoms with E-state index in [1.165, 1.54) is 12.1 Å². The monoisotopic (exact) mass is 447 g/mol. The second-order valence-electron chi connectivity index (χ2n) is 6.41. The number of benzene rings is 2.